The number of allylic oxidation sites excluding steroid dienone is 1. The minimum atomic E-state index is -0.191. The van der Waals surface area contributed by atoms with Gasteiger partial charge in [0, 0.05) is 12.8 Å². The Labute approximate surface area is 187 Å². The zero-order chi connectivity index (χ0) is 21.8. The van der Waals surface area contributed by atoms with Crippen molar-refractivity contribution >= 4 is 11.8 Å². The molecule has 31 heavy (non-hydrogen) atoms. The van der Waals surface area contributed by atoms with Gasteiger partial charge in [-0.2, -0.15) is 0 Å². The predicted octanol–water partition coefficient (Wildman–Crippen LogP) is 5.72. The summed E-state index contributed by atoms with van der Waals surface area (Å²) in [4.78, 5) is 25.7. The van der Waals surface area contributed by atoms with Gasteiger partial charge < -0.3 is 9.84 Å². The highest BCUT2D eigenvalue weighted by molar-refractivity contribution is 5.97. The zero-order valence-corrected chi connectivity index (χ0v) is 19.5. The van der Waals surface area contributed by atoms with Crippen LogP contribution in [0.25, 0.3) is 0 Å². The molecule has 0 spiro atoms. The van der Waals surface area contributed by atoms with Gasteiger partial charge in [0.2, 0.25) is 0 Å². The predicted molar refractivity (Wildman–Crippen MR) is 119 cm³/mol. The third-order valence-electron chi connectivity index (χ3n) is 10.4. The lowest BCUT2D eigenvalue weighted by Gasteiger charge is -2.57. The van der Waals surface area contributed by atoms with Crippen LogP contribution in [0.15, 0.2) is 11.3 Å². The highest BCUT2D eigenvalue weighted by Gasteiger charge is 2.59. The van der Waals surface area contributed by atoms with E-state index in [0.717, 1.165) is 63.4 Å². The Morgan fingerprint density at radius 3 is 2.52 bits per heavy atom. The fourth-order valence-corrected chi connectivity index (χ4v) is 8.54. The van der Waals surface area contributed by atoms with E-state index < -0.39 is 0 Å². The van der Waals surface area contributed by atoms with Crippen molar-refractivity contribution in [1.29, 1.82) is 0 Å². The van der Waals surface area contributed by atoms with Crippen LogP contribution in [0, 0.1) is 34.5 Å². The van der Waals surface area contributed by atoms with Crippen molar-refractivity contribution in [3.05, 3.63) is 11.3 Å². The van der Waals surface area contributed by atoms with Gasteiger partial charge in [-0.25, -0.2) is 0 Å². The molecule has 0 radical (unpaired) electrons. The van der Waals surface area contributed by atoms with Gasteiger partial charge in [-0.05, 0) is 97.9 Å². The average Bonchev–Trinajstić information content (AvgIpc) is 3.06. The van der Waals surface area contributed by atoms with Gasteiger partial charge in [-0.3, -0.25) is 9.59 Å². The van der Waals surface area contributed by atoms with Crippen molar-refractivity contribution in [2.45, 2.75) is 110 Å². The Kier molecular flexibility index (Phi) is 5.60. The van der Waals surface area contributed by atoms with Gasteiger partial charge in [0.25, 0.3) is 0 Å². The summed E-state index contributed by atoms with van der Waals surface area (Å²) in [5.74, 6) is 2.46. The van der Waals surface area contributed by atoms with E-state index in [1.165, 1.54) is 19.3 Å². The molecule has 1 N–H and O–H groups in total. The van der Waals surface area contributed by atoms with Crippen LogP contribution in [0.4, 0.5) is 0 Å². The molecule has 0 aromatic rings. The summed E-state index contributed by atoms with van der Waals surface area (Å²) in [6.07, 6.45) is 13.8. The molecule has 5 aliphatic rings. The summed E-state index contributed by atoms with van der Waals surface area (Å²) in [6, 6.07) is 0. The van der Waals surface area contributed by atoms with Gasteiger partial charge >= 0.3 is 5.97 Å². The van der Waals surface area contributed by atoms with Crippen molar-refractivity contribution in [3.63, 3.8) is 0 Å². The fourth-order valence-electron chi connectivity index (χ4n) is 8.54. The van der Waals surface area contributed by atoms with E-state index in [9.17, 15) is 14.7 Å². The molecule has 4 saturated carbocycles. The van der Waals surface area contributed by atoms with Crippen molar-refractivity contribution in [1.82, 2.24) is 0 Å². The number of fused-ring (bicyclic) bond motifs is 5. The van der Waals surface area contributed by atoms with Crippen molar-refractivity contribution in [3.8, 4) is 0 Å². The van der Waals surface area contributed by atoms with Crippen LogP contribution in [0.2, 0.25) is 0 Å². The van der Waals surface area contributed by atoms with Crippen molar-refractivity contribution < 1.29 is 19.4 Å². The molecule has 5 rings (SSSR count). The van der Waals surface area contributed by atoms with E-state index >= 15 is 0 Å². The van der Waals surface area contributed by atoms with Gasteiger partial charge in [0.15, 0.2) is 11.5 Å². The molecule has 0 bridgehead atoms. The lowest BCUT2D eigenvalue weighted by molar-refractivity contribution is -0.145. The van der Waals surface area contributed by atoms with Gasteiger partial charge in [-0.15, -0.1) is 0 Å². The Morgan fingerprint density at radius 1 is 0.968 bits per heavy atom. The number of hydrogen-bond acceptors (Lipinski definition) is 4. The highest BCUT2D eigenvalue weighted by Crippen LogP contribution is 2.65. The summed E-state index contributed by atoms with van der Waals surface area (Å²) < 4.78 is 5.90. The number of ketones is 1. The van der Waals surface area contributed by atoms with E-state index in [1.54, 1.807) is 0 Å². The lowest BCUT2D eigenvalue weighted by atomic mass is 9.47. The molecule has 0 amide bonds. The second kappa shape index (κ2) is 8.01. The molecular weight excluding hydrogens is 388 g/mol. The molecule has 0 unspecified atom stereocenters. The van der Waals surface area contributed by atoms with Crippen molar-refractivity contribution in [2.75, 3.05) is 0 Å². The van der Waals surface area contributed by atoms with E-state index in [1.807, 2.05) is 0 Å². The third-order valence-corrected chi connectivity index (χ3v) is 10.4. The summed E-state index contributed by atoms with van der Waals surface area (Å²) >= 11 is 0. The van der Waals surface area contributed by atoms with Crippen LogP contribution in [-0.4, -0.2) is 23.0 Å². The SMILES string of the molecule is C[C@]12CC[C@H]3[C@@H](CCC4=C(OC(=O)CC5CCCCC5)C(=O)CC[C@@]43C)[C@@H]1CC[C@@H]2O. The first-order chi connectivity index (χ1) is 14.8. The quantitative estimate of drug-likeness (QED) is 0.584. The number of esters is 1. The molecule has 0 aliphatic heterocycles. The first kappa shape index (κ1) is 21.7. The highest BCUT2D eigenvalue weighted by atomic mass is 16.5. The van der Waals surface area contributed by atoms with Crippen LogP contribution in [0.1, 0.15) is 104 Å². The minimum absolute atomic E-state index is 0.0356. The number of aliphatic hydroxyl groups is 1. The van der Waals surface area contributed by atoms with Crippen LogP contribution >= 0.6 is 0 Å². The molecule has 4 fully saturated rings. The number of Topliss-reactive ketones (excluding diaryl/α,β-unsaturated/α-hetero) is 1. The number of carbonyl (C=O) groups is 2. The van der Waals surface area contributed by atoms with E-state index in [4.69, 9.17) is 4.74 Å². The Balaban J connectivity index is 1.38. The average molecular weight is 429 g/mol. The third kappa shape index (κ3) is 3.52. The molecule has 0 aromatic carbocycles. The number of aliphatic hydroxyl groups excluding tert-OH is 1. The van der Waals surface area contributed by atoms with Crippen molar-refractivity contribution in [2.24, 2.45) is 34.5 Å². The van der Waals surface area contributed by atoms with Gasteiger partial charge in [-0.1, -0.05) is 33.1 Å². The summed E-state index contributed by atoms with van der Waals surface area (Å²) in [5.41, 5.74) is 1.18. The second-order valence-electron chi connectivity index (χ2n) is 11.9. The molecule has 172 valence electrons. The maximum absolute atomic E-state index is 12.9. The van der Waals surface area contributed by atoms with Crippen LogP contribution in [0.5, 0.6) is 0 Å². The Hall–Kier alpha value is -1.16. The Bertz CT molecular complexity index is 778. The van der Waals surface area contributed by atoms with E-state index in [0.29, 0.717) is 42.3 Å². The topological polar surface area (TPSA) is 63.6 Å². The summed E-state index contributed by atoms with van der Waals surface area (Å²) in [5, 5.41) is 10.7. The van der Waals surface area contributed by atoms with Crippen LogP contribution in [0.3, 0.4) is 0 Å². The Morgan fingerprint density at radius 2 is 1.74 bits per heavy atom. The largest absolute Gasteiger partial charge is 0.423 e. The van der Waals surface area contributed by atoms with E-state index in [-0.39, 0.29) is 28.7 Å². The number of hydrogen-bond donors (Lipinski definition) is 1. The van der Waals surface area contributed by atoms with Crippen LogP contribution in [-0.2, 0) is 14.3 Å². The van der Waals surface area contributed by atoms with Gasteiger partial charge in [0.05, 0.1) is 6.10 Å². The monoisotopic (exact) mass is 428 g/mol. The molecule has 0 saturated heterocycles. The fraction of sp³-hybridized carbons (Fsp3) is 0.852. The molecule has 5 aliphatic carbocycles. The van der Waals surface area contributed by atoms with E-state index in [2.05, 4.69) is 13.8 Å². The maximum atomic E-state index is 12.9. The smallest absolute Gasteiger partial charge is 0.311 e. The zero-order valence-electron chi connectivity index (χ0n) is 19.5. The standard InChI is InChI=1S/C27H40O4/c1-26-15-13-22(28)25(31-24(30)16-17-6-4-3-5-7-17)21(26)9-8-18-19-10-11-23(29)27(19,2)14-12-20(18)26/h17-20,23,29H,3-16H2,1-2H3/t18-,19-,20-,23-,26+,27-/m0/s1. The summed E-state index contributed by atoms with van der Waals surface area (Å²) in [6.45, 7) is 4.65. The molecule has 6 atom stereocenters. The molecule has 4 heteroatoms. The first-order valence-corrected chi connectivity index (χ1v) is 13.0. The van der Waals surface area contributed by atoms with Gasteiger partial charge in [0.1, 0.15) is 0 Å². The van der Waals surface area contributed by atoms with Crippen LogP contribution < -0.4 is 0 Å². The second-order valence-corrected chi connectivity index (χ2v) is 11.9. The summed E-state index contributed by atoms with van der Waals surface area (Å²) in [7, 11) is 0. The number of carbonyl (C=O) groups excluding carboxylic acids is 2. The molecule has 0 aromatic heterocycles. The molecular formula is C27H40O4. The number of ether oxygens (including phenoxy) is 1. The maximum Gasteiger partial charge on any atom is 0.311 e. The lowest BCUT2D eigenvalue weighted by Crippen LogP contribution is -2.51. The first-order valence-electron chi connectivity index (χ1n) is 13.0. The number of rotatable bonds is 3. The molecule has 4 nitrogen and oxygen atoms in total. The minimum Gasteiger partial charge on any atom is -0.423 e. The normalized spacial score (nSPS) is 43.3. The molecule has 0 heterocycles.